The number of piperidine rings is 1. The second-order valence-electron chi connectivity index (χ2n) is 10.4. The molecule has 0 aromatic carbocycles. The fraction of sp³-hybridized carbons (Fsp3) is 0.481. The maximum absolute atomic E-state index is 13.5. The van der Waals surface area contributed by atoms with Gasteiger partial charge in [0.25, 0.3) is 5.91 Å². The summed E-state index contributed by atoms with van der Waals surface area (Å²) in [5, 5.41) is 24.3. The van der Waals surface area contributed by atoms with E-state index in [1.165, 1.54) is 10.7 Å². The Hall–Kier alpha value is -3.72. The molecule has 2 aliphatic heterocycles. The van der Waals surface area contributed by atoms with Gasteiger partial charge in [0.05, 0.1) is 54.0 Å². The minimum absolute atomic E-state index is 0.0202. The summed E-state index contributed by atoms with van der Waals surface area (Å²) >= 11 is -0.256. The van der Waals surface area contributed by atoms with Crippen molar-refractivity contribution < 1.29 is 22.7 Å². The normalized spacial score (nSPS) is 19.2. The van der Waals surface area contributed by atoms with Crippen LogP contribution in [-0.2, 0) is 4.74 Å². The number of hydrogen-bond acceptors (Lipinski definition) is 8. The lowest BCUT2D eigenvalue weighted by molar-refractivity contribution is -0.113. The van der Waals surface area contributed by atoms with Crippen molar-refractivity contribution in [2.75, 3.05) is 38.2 Å². The fourth-order valence-electron chi connectivity index (χ4n) is 5.08. The van der Waals surface area contributed by atoms with E-state index in [0.717, 1.165) is 25.7 Å². The van der Waals surface area contributed by atoms with Crippen molar-refractivity contribution in [3.63, 3.8) is 0 Å². The Morgan fingerprint density at radius 2 is 2.00 bits per heavy atom. The second-order valence-corrected chi connectivity index (χ2v) is 11.5. The zero-order valence-corrected chi connectivity index (χ0v) is 22.8. The number of hydrogen-bond donors (Lipinski definition) is 2. The van der Waals surface area contributed by atoms with Gasteiger partial charge in [-0.15, -0.1) is 0 Å². The molecule has 2 N–H and O–H groups in total. The highest BCUT2D eigenvalue weighted by molar-refractivity contribution is 8.00. The summed E-state index contributed by atoms with van der Waals surface area (Å²) in [6.07, 6.45) is 6.78. The molecule has 14 heteroatoms. The van der Waals surface area contributed by atoms with E-state index >= 15 is 0 Å². The van der Waals surface area contributed by atoms with E-state index in [4.69, 9.17) is 4.74 Å². The lowest BCUT2D eigenvalue weighted by Gasteiger charge is -2.47. The number of thioether (sulfide) groups is 1. The Balaban J connectivity index is 1.16. The van der Waals surface area contributed by atoms with E-state index in [1.807, 2.05) is 0 Å². The third kappa shape index (κ3) is 5.86. The number of alkyl halides is 3. The molecule has 6 rings (SSSR count). The number of rotatable bonds is 7. The van der Waals surface area contributed by atoms with E-state index in [2.05, 4.69) is 43.6 Å². The topological polar surface area (TPSA) is 113 Å². The van der Waals surface area contributed by atoms with Crippen molar-refractivity contribution in [1.82, 2.24) is 29.6 Å². The monoisotopic (exact) mass is 584 g/mol. The SMILES string of the molecule is N#CC1(N2CCC(Nc3cccc4c(SC(F)(F)F)c(C#CCNC(=O)c5cnn(C6CC6)c5)nn34)CC2)COC1. The van der Waals surface area contributed by atoms with E-state index < -0.39 is 11.0 Å². The molecule has 3 fully saturated rings. The summed E-state index contributed by atoms with van der Waals surface area (Å²) < 4.78 is 49.0. The molecule has 0 atom stereocenters. The van der Waals surface area contributed by atoms with Gasteiger partial charge < -0.3 is 15.4 Å². The van der Waals surface area contributed by atoms with Gasteiger partial charge in [-0.3, -0.25) is 14.4 Å². The summed E-state index contributed by atoms with van der Waals surface area (Å²) in [4.78, 5) is 14.5. The Labute approximate surface area is 238 Å². The molecule has 5 heterocycles. The van der Waals surface area contributed by atoms with E-state index in [-0.39, 0.29) is 46.4 Å². The molecule has 2 saturated heterocycles. The highest BCUT2D eigenvalue weighted by Gasteiger charge is 2.45. The van der Waals surface area contributed by atoms with Crippen LogP contribution in [0.5, 0.6) is 0 Å². The minimum atomic E-state index is -4.53. The molecule has 0 unspecified atom stereocenters. The molecule has 1 aliphatic carbocycles. The maximum atomic E-state index is 13.5. The number of anilines is 1. The molecule has 41 heavy (non-hydrogen) atoms. The molecule has 10 nitrogen and oxygen atoms in total. The molecule has 3 aliphatic rings. The average Bonchev–Trinajstić information content (AvgIpc) is 3.55. The zero-order chi connectivity index (χ0) is 28.6. The fourth-order valence-corrected chi connectivity index (χ4v) is 5.76. The lowest BCUT2D eigenvalue weighted by Crippen LogP contribution is -2.63. The van der Waals surface area contributed by atoms with Gasteiger partial charge in [0.15, 0.2) is 5.54 Å². The van der Waals surface area contributed by atoms with Gasteiger partial charge in [-0.2, -0.15) is 28.6 Å². The predicted octanol–water partition coefficient (Wildman–Crippen LogP) is 3.43. The van der Waals surface area contributed by atoms with Gasteiger partial charge in [0.1, 0.15) is 11.5 Å². The third-order valence-corrected chi connectivity index (χ3v) is 8.34. The number of carbonyl (C=O) groups is 1. The van der Waals surface area contributed by atoms with Crippen molar-refractivity contribution in [3.05, 3.63) is 41.9 Å². The Bertz CT molecular complexity index is 1550. The smallest absolute Gasteiger partial charge is 0.375 e. The number of nitrogens with one attached hydrogen (secondary N) is 2. The highest BCUT2D eigenvalue weighted by Crippen LogP contribution is 2.41. The highest BCUT2D eigenvalue weighted by atomic mass is 32.2. The van der Waals surface area contributed by atoms with Crippen LogP contribution in [0.25, 0.3) is 5.52 Å². The minimum Gasteiger partial charge on any atom is -0.375 e. The summed E-state index contributed by atoms with van der Waals surface area (Å²) in [6, 6.07) is 7.81. The number of likely N-dealkylation sites (tertiary alicyclic amines) is 1. The van der Waals surface area contributed by atoms with Gasteiger partial charge in [-0.05, 0) is 55.5 Å². The molecular weight excluding hydrogens is 557 g/mol. The summed E-state index contributed by atoms with van der Waals surface area (Å²) in [5.74, 6) is 5.67. The van der Waals surface area contributed by atoms with Crippen molar-refractivity contribution in [2.45, 2.75) is 53.7 Å². The van der Waals surface area contributed by atoms with E-state index in [9.17, 15) is 23.2 Å². The van der Waals surface area contributed by atoms with Gasteiger partial charge in [0, 0.05) is 25.3 Å². The zero-order valence-electron chi connectivity index (χ0n) is 21.9. The number of halogens is 3. The van der Waals surface area contributed by atoms with Crippen LogP contribution in [-0.4, -0.2) is 80.1 Å². The van der Waals surface area contributed by atoms with Crippen LogP contribution < -0.4 is 10.6 Å². The van der Waals surface area contributed by atoms with Crippen LogP contribution in [0, 0.1) is 23.2 Å². The van der Waals surface area contributed by atoms with Crippen LogP contribution in [0.3, 0.4) is 0 Å². The number of amides is 1. The first-order valence-corrected chi connectivity index (χ1v) is 14.2. The van der Waals surface area contributed by atoms with Crippen LogP contribution in [0.4, 0.5) is 19.0 Å². The quantitative estimate of drug-likeness (QED) is 0.321. The first kappa shape index (κ1) is 27.4. The van der Waals surface area contributed by atoms with Gasteiger partial charge >= 0.3 is 5.51 Å². The van der Waals surface area contributed by atoms with Crippen LogP contribution in [0.1, 0.15) is 47.8 Å². The summed E-state index contributed by atoms with van der Waals surface area (Å²) in [6.45, 7) is 2.18. The van der Waals surface area contributed by atoms with E-state index in [1.54, 1.807) is 29.1 Å². The lowest BCUT2D eigenvalue weighted by atomic mass is 9.92. The molecule has 1 saturated carbocycles. The number of aromatic nitrogens is 4. The Kier molecular flexibility index (Phi) is 7.32. The van der Waals surface area contributed by atoms with Gasteiger partial charge in [-0.1, -0.05) is 12.0 Å². The molecule has 0 bridgehead atoms. The average molecular weight is 585 g/mol. The molecule has 214 valence electrons. The summed E-state index contributed by atoms with van der Waals surface area (Å²) in [7, 11) is 0. The van der Waals surface area contributed by atoms with Crippen LogP contribution in [0.2, 0.25) is 0 Å². The number of fused-ring (bicyclic) bond motifs is 1. The standard InChI is InChI=1S/C27H27F3N8O2S/c28-27(29,30)41-24-21(3-2-10-32-25(39)18-13-33-37(14-18)20-6-7-20)35-38-22(24)4-1-5-23(38)34-19-8-11-36(12-9-19)26(15-31)16-40-17-26/h1,4-5,13-14,19-20,34H,6-12,16-17H2,(H,32,39). The van der Waals surface area contributed by atoms with Crippen molar-refractivity contribution in [1.29, 1.82) is 5.26 Å². The molecule has 3 aromatic heterocycles. The number of ether oxygens (including phenoxy) is 1. The van der Waals surface area contributed by atoms with E-state index in [0.29, 0.717) is 43.7 Å². The number of pyridine rings is 1. The van der Waals surface area contributed by atoms with Crippen molar-refractivity contribution in [3.8, 4) is 17.9 Å². The van der Waals surface area contributed by atoms with Gasteiger partial charge in [0.2, 0.25) is 0 Å². The molecule has 0 spiro atoms. The van der Waals surface area contributed by atoms with Crippen LogP contribution in [0.15, 0.2) is 35.5 Å². The van der Waals surface area contributed by atoms with Crippen LogP contribution >= 0.6 is 11.8 Å². The van der Waals surface area contributed by atoms with Gasteiger partial charge in [-0.25, -0.2) is 4.52 Å². The van der Waals surface area contributed by atoms with Crippen molar-refractivity contribution >= 4 is 29.0 Å². The largest absolute Gasteiger partial charge is 0.446 e. The maximum Gasteiger partial charge on any atom is 0.446 e. The summed E-state index contributed by atoms with van der Waals surface area (Å²) in [5.41, 5.74) is -4.42. The number of nitriles is 1. The second kappa shape index (κ2) is 10.9. The number of carbonyl (C=O) groups excluding carboxylic acids is 1. The molecule has 3 aromatic rings. The Morgan fingerprint density at radius 1 is 1.22 bits per heavy atom. The van der Waals surface area contributed by atoms with Crippen molar-refractivity contribution in [2.24, 2.45) is 0 Å². The Morgan fingerprint density at radius 3 is 2.66 bits per heavy atom. The number of nitrogens with zero attached hydrogens (tertiary/aromatic N) is 6. The molecule has 0 radical (unpaired) electrons. The molecular formula is C27H27F3N8O2S. The first-order chi connectivity index (χ1) is 19.7. The first-order valence-electron chi connectivity index (χ1n) is 13.3. The molecule has 1 amide bonds. The third-order valence-electron chi connectivity index (χ3n) is 7.50. The predicted molar refractivity (Wildman–Crippen MR) is 144 cm³/mol.